The Bertz CT molecular complexity index is 527. The quantitative estimate of drug-likeness (QED) is 0.888. The second-order valence-electron chi connectivity index (χ2n) is 3.83. The zero-order valence-corrected chi connectivity index (χ0v) is 12.0. The van der Waals surface area contributed by atoms with Crippen molar-refractivity contribution in [1.82, 2.24) is 5.32 Å². The summed E-state index contributed by atoms with van der Waals surface area (Å²) in [7, 11) is 0. The summed E-state index contributed by atoms with van der Waals surface area (Å²) >= 11 is 5.05. The third-order valence-electron chi connectivity index (χ3n) is 2.53. The molecule has 5 heteroatoms. The molecule has 1 atom stereocenters. The molecule has 0 fully saturated rings. The van der Waals surface area contributed by atoms with Crippen LogP contribution in [-0.4, -0.2) is 5.91 Å². The van der Waals surface area contributed by atoms with Gasteiger partial charge in [0.25, 0.3) is 0 Å². The van der Waals surface area contributed by atoms with E-state index in [0.29, 0.717) is 6.54 Å². The van der Waals surface area contributed by atoms with E-state index in [1.807, 2.05) is 42.5 Å². The Kier molecular flexibility index (Phi) is 4.52. The van der Waals surface area contributed by atoms with Gasteiger partial charge in [-0.15, -0.1) is 11.3 Å². The maximum absolute atomic E-state index is 11.5. The Labute approximate surface area is 118 Å². The molecule has 2 rings (SSSR count). The van der Waals surface area contributed by atoms with Gasteiger partial charge in [0.15, 0.2) is 0 Å². The molecule has 2 aromatic rings. The lowest BCUT2D eigenvalue weighted by molar-refractivity contribution is -0.120. The minimum atomic E-state index is -0.452. The van der Waals surface area contributed by atoms with E-state index in [1.54, 1.807) is 11.3 Å². The number of primary amides is 1. The number of carbonyl (C=O) groups excluding carboxylic acids is 1. The van der Waals surface area contributed by atoms with Gasteiger partial charge in [0.05, 0.1) is 3.79 Å². The highest BCUT2D eigenvalue weighted by atomic mass is 79.9. The van der Waals surface area contributed by atoms with Gasteiger partial charge >= 0.3 is 0 Å². The van der Waals surface area contributed by atoms with Crippen LogP contribution in [0.5, 0.6) is 0 Å². The van der Waals surface area contributed by atoms with Gasteiger partial charge in [0, 0.05) is 11.4 Å². The maximum atomic E-state index is 11.5. The second kappa shape index (κ2) is 6.13. The maximum Gasteiger partial charge on any atom is 0.239 e. The van der Waals surface area contributed by atoms with Gasteiger partial charge in [0.2, 0.25) is 5.91 Å². The molecule has 1 heterocycles. The number of rotatable bonds is 5. The highest BCUT2D eigenvalue weighted by molar-refractivity contribution is 9.11. The first-order chi connectivity index (χ1) is 8.66. The summed E-state index contributed by atoms with van der Waals surface area (Å²) in [6.07, 6.45) is 0. The van der Waals surface area contributed by atoms with Crippen LogP contribution in [-0.2, 0) is 11.3 Å². The Morgan fingerprint density at radius 2 is 2.00 bits per heavy atom. The van der Waals surface area contributed by atoms with Crippen molar-refractivity contribution in [3.63, 3.8) is 0 Å². The largest absolute Gasteiger partial charge is 0.368 e. The van der Waals surface area contributed by atoms with E-state index >= 15 is 0 Å². The monoisotopic (exact) mass is 324 g/mol. The van der Waals surface area contributed by atoms with Crippen molar-refractivity contribution in [2.45, 2.75) is 12.6 Å². The van der Waals surface area contributed by atoms with Gasteiger partial charge in [-0.2, -0.15) is 0 Å². The van der Waals surface area contributed by atoms with Crippen LogP contribution in [0.15, 0.2) is 46.3 Å². The lowest BCUT2D eigenvalue weighted by Crippen LogP contribution is -2.33. The molecule has 0 aliphatic rings. The molecule has 18 heavy (non-hydrogen) atoms. The summed E-state index contributed by atoms with van der Waals surface area (Å²) in [4.78, 5) is 12.6. The third-order valence-corrected chi connectivity index (χ3v) is 4.15. The van der Waals surface area contributed by atoms with Gasteiger partial charge in [-0.3, -0.25) is 10.1 Å². The van der Waals surface area contributed by atoms with Crippen molar-refractivity contribution < 1.29 is 4.79 Å². The molecule has 0 spiro atoms. The number of amides is 1. The Morgan fingerprint density at radius 1 is 1.28 bits per heavy atom. The number of nitrogens with one attached hydrogen (secondary N) is 1. The summed E-state index contributed by atoms with van der Waals surface area (Å²) in [5, 5.41) is 3.18. The molecule has 1 aromatic carbocycles. The lowest BCUT2D eigenvalue weighted by Gasteiger charge is -2.15. The van der Waals surface area contributed by atoms with Gasteiger partial charge < -0.3 is 5.73 Å². The molecule has 1 unspecified atom stereocenters. The van der Waals surface area contributed by atoms with Crippen LogP contribution in [0.4, 0.5) is 0 Å². The van der Waals surface area contributed by atoms with E-state index in [0.717, 1.165) is 14.2 Å². The van der Waals surface area contributed by atoms with Crippen molar-refractivity contribution in [2.24, 2.45) is 5.73 Å². The number of benzene rings is 1. The Balaban J connectivity index is 2.06. The zero-order valence-electron chi connectivity index (χ0n) is 9.60. The summed E-state index contributed by atoms with van der Waals surface area (Å²) < 4.78 is 1.08. The topological polar surface area (TPSA) is 55.1 Å². The normalized spacial score (nSPS) is 12.3. The van der Waals surface area contributed by atoms with Crippen LogP contribution in [0.25, 0.3) is 0 Å². The fraction of sp³-hybridized carbons (Fsp3) is 0.154. The molecule has 3 N–H and O–H groups in total. The number of nitrogens with two attached hydrogens (primary N) is 1. The predicted molar refractivity (Wildman–Crippen MR) is 77.2 cm³/mol. The second-order valence-corrected chi connectivity index (χ2v) is 6.38. The third kappa shape index (κ3) is 3.41. The SMILES string of the molecule is NC(=O)C(NCc1ccc(Br)s1)c1ccccc1. The van der Waals surface area contributed by atoms with Crippen LogP contribution < -0.4 is 11.1 Å². The zero-order chi connectivity index (χ0) is 13.0. The average Bonchev–Trinajstić information content (AvgIpc) is 2.76. The van der Waals surface area contributed by atoms with Crippen LogP contribution >= 0.6 is 27.3 Å². The van der Waals surface area contributed by atoms with E-state index in [9.17, 15) is 4.79 Å². The Morgan fingerprint density at radius 3 is 2.56 bits per heavy atom. The smallest absolute Gasteiger partial charge is 0.239 e. The molecular formula is C13H13BrN2OS. The fourth-order valence-electron chi connectivity index (χ4n) is 1.68. The molecule has 0 radical (unpaired) electrons. The van der Waals surface area contributed by atoms with Crippen molar-refractivity contribution in [3.05, 3.63) is 56.7 Å². The van der Waals surface area contributed by atoms with Crippen molar-refractivity contribution in [3.8, 4) is 0 Å². The van der Waals surface area contributed by atoms with E-state index < -0.39 is 6.04 Å². The highest BCUT2D eigenvalue weighted by Gasteiger charge is 2.16. The van der Waals surface area contributed by atoms with Crippen LogP contribution in [0.1, 0.15) is 16.5 Å². The minimum absolute atomic E-state index is 0.364. The summed E-state index contributed by atoms with van der Waals surface area (Å²) in [5.74, 6) is -0.364. The van der Waals surface area contributed by atoms with Crippen molar-refractivity contribution >= 4 is 33.2 Å². The fourth-order valence-corrected chi connectivity index (χ4v) is 3.11. The number of hydrogen-bond donors (Lipinski definition) is 2. The predicted octanol–water partition coefficient (Wildman–Crippen LogP) is 2.83. The molecule has 0 saturated heterocycles. The van der Waals surface area contributed by atoms with Gasteiger partial charge in [-0.25, -0.2) is 0 Å². The van der Waals surface area contributed by atoms with E-state index in [4.69, 9.17) is 5.73 Å². The molecule has 0 saturated carbocycles. The van der Waals surface area contributed by atoms with Crippen LogP contribution in [0, 0.1) is 0 Å². The Hall–Kier alpha value is -1.17. The van der Waals surface area contributed by atoms with Crippen molar-refractivity contribution in [1.29, 1.82) is 0 Å². The highest BCUT2D eigenvalue weighted by Crippen LogP contribution is 2.22. The van der Waals surface area contributed by atoms with Crippen molar-refractivity contribution in [2.75, 3.05) is 0 Å². The van der Waals surface area contributed by atoms with Gasteiger partial charge in [-0.1, -0.05) is 30.3 Å². The lowest BCUT2D eigenvalue weighted by atomic mass is 10.1. The molecule has 0 aliphatic carbocycles. The average molecular weight is 325 g/mol. The molecule has 3 nitrogen and oxygen atoms in total. The number of hydrogen-bond acceptors (Lipinski definition) is 3. The molecule has 94 valence electrons. The first-order valence-corrected chi connectivity index (χ1v) is 7.09. The minimum Gasteiger partial charge on any atom is -0.368 e. The summed E-state index contributed by atoms with van der Waals surface area (Å²) in [6.45, 7) is 0.624. The summed E-state index contributed by atoms with van der Waals surface area (Å²) in [5.41, 5.74) is 6.32. The van der Waals surface area contributed by atoms with Gasteiger partial charge in [0.1, 0.15) is 6.04 Å². The number of halogens is 1. The molecule has 0 aliphatic heterocycles. The molecular weight excluding hydrogens is 312 g/mol. The standard InChI is InChI=1S/C13H13BrN2OS/c14-11-7-6-10(18-11)8-16-12(13(15)17)9-4-2-1-3-5-9/h1-7,12,16H,8H2,(H2,15,17). The number of carbonyl (C=O) groups is 1. The van der Waals surface area contributed by atoms with Gasteiger partial charge in [-0.05, 0) is 33.6 Å². The van der Waals surface area contributed by atoms with Crippen LogP contribution in [0.3, 0.4) is 0 Å². The first kappa shape index (κ1) is 13.3. The molecule has 1 amide bonds. The first-order valence-electron chi connectivity index (χ1n) is 5.48. The van der Waals surface area contributed by atoms with Crippen LogP contribution in [0.2, 0.25) is 0 Å². The summed E-state index contributed by atoms with van der Waals surface area (Å²) in [6, 6.07) is 13.1. The van der Waals surface area contributed by atoms with E-state index in [2.05, 4.69) is 21.2 Å². The molecule has 0 bridgehead atoms. The van der Waals surface area contributed by atoms with E-state index in [1.165, 1.54) is 0 Å². The van der Waals surface area contributed by atoms with E-state index in [-0.39, 0.29) is 5.91 Å². The number of thiophene rings is 1. The molecule has 1 aromatic heterocycles.